The zero-order chi connectivity index (χ0) is 23.7. The second-order valence-corrected chi connectivity index (χ2v) is 10.3. The van der Waals surface area contributed by atoms with Crippen molar-refractivity contribution in [1.82, 2.24) is 20.2 Å². The first-order valence-corrected chi connectivity index (χ1v) is 13.1. The molecule has 178 valence electrons. The summed E-state index contributed by atoms with van der Waals surface area (Å²) in [6, 6.07) is 12.8. The summed E-state index contributed by atoms with van der Waals surface area (Å²) in [5.74, 6) is 0.535. The molecule has 2 fully saturated rings. The number of thioether (sulfide) groups is 1. The first kappa shape index (κ1) is 22.9. The van der Waals surface area contributed by atoms with E-state index in [4.69, 9.17) is 0 Å². The fourth-order valence-corrected chi connectivity index (χ4v) is 5.72. The van der Waals surface area contributed by atoms with Gasteiger partial charge >= 0.3 is 0 Å². The summed E-state index contributed by atoms with van der Waals surface area (Å²) in [4.78, 5) is 36.4. The average Bonchev–Trinajstić information content (AvgIpc) is 3.56. The number of H-pyrrole nitrogens is 1. The SMILES string of the molecule is CSc1ccc(C[C@]2(CCC(=O)N3CCC[C@@H]3c3nc4ccc(F)cc4[nH]3)CCC(=O)N2)cc1. The lowest BCUT2D eigenvalue weighted by Gasteiger charge is -2.31. The average molecular weight is 481 g/mol. The van der Waals surface area contributed by atoms with Gasteiger partial charge in [0.15, 0.2) is 0 Å². The van der Waals surface area contributed by atoms with Gasteiger partial charge in [0.2, 0.25) is 11.8 Å². The van der Waals surface area contributed by atoms with Gasteiger partial charge in [0.1, 0.15) is 11.6 Å². The Balaban J connectivity index is 1.29. The molecule has 2 aromatic carbocycles. The monoisotopic (exact) mass is 480 g/mol. The van der Waals surface area contributed by atoms with Crippen LogP contribution in [0.3, 0.4) is 0 Å². The number of benzene rings is 2. The largest absolute Gasteiger partial charge is 0.350 e. The lowest BCUT2D eigenvalue weighted by Crippen LogP contribution is -2.45. The van der Waals surface area contributed by atoms with Gasteiger partial charge in [-0.05, 0) is 74.3 Å². The molecule has 2 aliphatic rings. The number of hydrogen-bond donors (Lipinski definition) is 2. The van der Waals surface area contributed by atoms with Gasteiger partial charge in [-0.3, -0.25) is 9.59 Å². The van der Waals surface area contributed by atoms with Crippen molar-refractivity contribution in [2.75, 3.05) is 12.8 Å². The normalized spacial score (nSPS) is 22.5. The van der Waals surface area contributed by atoms with Crippen LogP contribution in [0.15, 0.2) is 47.4 Å². The van der Waals surface area contributed by atoms with E-state index in [1.807, 2.05) is 4.90 Å². The number of hydrogen-bond acceptors (Lipinski definition) is 4. The molecule has 6 nitrogen and oxygen atoms in total. The standard InChI is InChI=1S/C26H29FN4O2S/c1-34-19-7-4-17(5-8-19)16-26(12-10-23(32)30-26)13-11-24(33)31-14-2-3-22(31)25-28-20-9-6-18(27)15-21(20)29-25/h4-9,15,22H,2-3,10-14,16H2,1H3,(H,28,29)(H,30,32)/t22-,26-/m1/s1. The van der Waals surface area contributed by atoms with E-state index in [9.17, 15) is 14.0 Å². The highest BCUT2D eigenvalue weighted by Gasteiger charge is 2.39. The Bertz CT molecular complexity index is 1210. The molecule has 0 saturated carbocycles. The van der Waals surface area contributed by atoms with Crippen LogP contribution in [-0.2, 0) is 16.0 Å². The third kappa shape index (κ3) is 4.69. The van der Waals surface area contributed by atoms with Crippen molar-refractivity contribution < 1.29 is 14.0 Å². The minimum Gasteiger partial charge on any atom is -0.350 e. The van der Waals surface area contributed by atoms with Gasteiger partial charge < -0.3 is 15.2 Å². The van der Waals surface area contributed by atoms with Gasteiger partial charge in [-0.1, -0.05) is 12.1 Å². The number of imidazole rings is 1. The minimum atomic E-state index is -0.389. The van der Waals surface area contributed by atoms with Crippen LogP contribution in [0.2, 0.25) is 0 Å². The van der Waals surface area contributed by atoms with E-state index < -0.39 is 0 Å². The maximum Gasteiger partial charge on any atom is 0.223 e. The highest BCUT2D eigenvalue weighted by Crippen LogP contribution is 2.35. The maximum absolute atomic E-state index is 13.6. The second-order valence-electron chi connectivity index (χ2n) is 9.38. The molecule has 2 amide bonds. The zero-order valence-corrected chi connectivity index (χ0v) is 20.1. The predicted molar refractivity (Wildman–Crippen MR) is 131 cm³/mol. The summed E-state index contributed by atoms with van der Waals surface area (Å²) in [6.07, 6.45) is 6.73. The van der Waals surface area contributed by atoms with Crippen molar-refractivity contribution in [3.8, 4) is 0 Å². The highest BCUT2D eigenvalue weighted by atomic mass is 32.2. The zero-order valence-electron chi connectivity index (χ0n) is 19.3. The number of fused-ring (bicyclic) bond motifs is 1. The molecule has 3 heterocycles. The molecule has 34 heavy (non-hydrogen) atoms. The number of halogens is 1. The Morgan fingerprint density at radius 2 is 2.09 bits per heavy atom. The maximum atomic E-state index is 13.6. The molecule has 0 aliphatic carbocycles. The molecule has 0 bridgehead atoms. The smallest absolute Gasteiger partial charge is 0.223 e. The van der Waals surface area contributed by atoms with E-state index >= 15 is 0 Å². The molecule has 3 aromatic rings. The summed E-state index contributed by atoms with van der Waals surface area (Å²) in [6.45, 7) is 0.685. The minimum absolute atomic E-state index is 0.0572. The number of amides is 2. The van der Waals surface area contributed by atoms with E-state index in [1.165, 1.54) is 22.6 Å². The third-order valence-corrected chi connectivity index (χ3v) is 7.85. The molecule has 5 rings (SSSR count). The van der Waals surface area contributed by atoms with Crippen LogP contribution in [0, 0.1) is 5.82 Å². The summed E-state index contributed by atoms with van der Waals surface area (Å²) in [5.41, 5.74) is 2.13. The summed E-state index contributed by atoms with van der Waals surface area (Å²) >= 11 is 1.70. The Kier molecular flexibility index (Phi) is 6.34. The lowest BCUT2D eigenvalue weighted by molar-refractivity contribution is -0.133. The lowest BCUT2D eigenvalue weighted by atomic mass is 9.85. The highest BCUT2D eigenvalue weighted by molar-refractivity contribution is 7.98. The number of nitrogens with zero attached hydrogens (tertiary/aromatic N) is 2. The molecule has 0 unspecified atom stereocenters. The van der Waals surface area contributed by atoms with Crippen LogP contribution in [0.4, 0.5) is 4.39 Å². The third-order valence-electron chi connectivity index (χ3n) is 7.11. The number of carbonyl (C=O) groups excluding carboxylic acids is 2. The van der Waals surface area contributed by atoms with E-state index in [2.05, 4.69) is 45.8 Å². The van der Waals surface area contributed by atoms with Crippen molar-refractivity contribution in [3.63, 3.8) is 0 Å². The fourth-order valence-electron chi connectivity index (χ4n) is 5.31. The van der Waals surface area contributed by atoms with E-state index in [0.29, 0.717) is 42.7 Å². The van der Waals surface area contributed by atoms with Crippen molar-refractivity contribution >= 4 is 34.6 Å². The van der Waals surface area contributed by atoms with Crippen LogP contribution in [0.1, 0.15) is 56.0 Å². The number of aromatic nitrogens is 2. The fraction of sp³-hybridized carbons (Fsp3) is 0.423. The van der Waals surface area contributed by atoms with E-state index in [1.54, 1.807) is 17.8 Å². The summed E-state index contributed by atoms with van der Waals surface area (Å²) in [7, 11) is 0. The number of rotatable bonds is 7. The molecule has 2 atom stereocenters. The summed E-state index contributed by atoms with van der Waals surface area (Å²) < 4.78 is 13.6. The van der Waals surface area contributed by atoms with Crippen LogP contribution < -0.4 is 5.32 Å². The van der Waals surface area contributed by atoms with Gasteiger partial charge in [0.05, 0.1) is 17.1 Å². The summed E-state index contributed by atoms with van der Waals surface area (Å²) in [5, 5.41) is 3.19. The van der Waals surface area contributed by atoms with Gasteiger partial charge in [0.25, 0.3) is 0 Å². The number of carbonyl (C=O) groups is 2. The molecule has 1 aromatic heterocycles. The molecule has 8 heteroatoms. The predicted octanol–water partition coefficient (Wildman–Crippen LogP) is 4.76. The van der Waals surface area contributed by atoms with Crippen LogP contribution in [0.5, 0.6) is 0 Å². The van der Waals surface area contributed by atoms with E-state index in [-0.39, 0.29) is 29.2 Å². The molecule has 2 aliphatic heterocycles. The Labute approximate surface area is 202 Å². The Morgan fingerprint density at radius 3 is 2.82 bits per heavy atom. The molecular formula is C26H29FN4O2S. The number of aromatic amines is 1. The van der Waals surface area contributed by atoms with E-state index in [0.717, 1.165) is 25.7 Å². The Morgan fingerprint density at radius 1 is 1.26 bits per heavy atom. The first-order valence-electron chi connectivity index (χ1n) is 11.8. The molecule has 2 N–H and O–H groups in total. The molecular weight excluding hydrogens is 451 g/mol. The van der Waals surface area contributed by atoms with Gasteiger partial charge in [-0.25, -0.2) is 9.37 Å². The topological polar surface area (TPSA) is 78.1 Å². The molecule has 0 radical (unpaired) electrons. The molecule has 2 saturated heterocycles. The van der Waals surface area contributed by atoms with Crippen molar-refractivity contribution in [2.24, 2.45) is 0 Å². The number of nitrogens with one attached hydrogen (secondary N) is 2. The van der Waals surface area contributed by atoms with Crippen molar-refractivity contribution in [2.45, 2.75) is 61.4 Å². The van der Waals surface area contributed by atoms with Gasteiger partial charge in [-0.2, -0.15) is 0 Å². The van der Waals surface area contributed by atoms with Gasteiger partial charge in [0, 0.05) is 29.8 Å². The second kappa shape index (κ2) is 9.41. The van der Waals surface area contributed by atoms with Crippen molar-refractivity contribution in [3.05, 3.63) is 59.7 Å². The number of likely N-dealkylation sites (tertiary alicyclic amines) is 1. The van der Waals surface area contributed by atoms with Crippen LogP contribution in [0.25, 0.3) is 11.0 Å². The molecule has 0 spiro atoms. The van der Waals surface area contributed by atoms with Crippen LogP contribution >= 0.6 is 11.8 Å². The first-order chi connectivity index (χ1) is 16.4. The Hall–Kier alpha value is -2.87. The van der Waals surface area contributed by atoms with Crippen LogP contribution in [-0.4, -0.2) is 45.0 Å². The quantitative estimate of drug-likeness (QED) is 0.478. The van der Waals surface area contributed by atoms with Gasteiger partial charge in [-0.15, -0.1) is 11.8 Å². The van der Waals surface area contributed by atoms with Crippen molar-refractivity contribution in [1.29, 1.82) is 0 Å².